The number of carbonyl (C=O) groups is 1. The summed E-state index contributed by atoms with van der Waals surface area (Å²) in [4.78, 5) is 15.0. The van der Waals surface area contributed by atoms with Crippen LogP contribution in [-0.2, 0) is 9.84 Å². The van der Waals surface area contributed by atoms with Gasteiger partial charge in [-0.1, -0.05) is 19.9 Å². The molecule has 2 atom stereocenters. The maximum absolute atomic E-state index is 12.4. The fourth-order valence-corrected chi connectivity index (χ4v) is 4.12. The average molecular weight is 353 g/mol. The van der Waals surface area contributed by atoms with Gasteiger partial charge in [-0.05, 0) is 42.9 Å². The molecule has 6 heteroatoms. The number of sulfone groups is 1. The third kappa shape index (κ3) is 5.05. The Labute approximate surface area is 145 Å². The minimum absolute atomic E-state index is 0.178. The average Bonchev–Trinajstić information content (AvgIpc) is 2.45. The number of aryl methyl sites for hydroxylation is 1. The van der Waals surface area contributed by atoms with E-state index >= 15 is 0 Å². The first kappa shape index (κ1) is 18.9. The van der Waals surface area contributed by atoms with Crippen LogP contribution in [-0.4, -0.2) is 51.7 Å². The zero-order valence-electron chi connectivity index (χ0n) is 15.0. The van der Waals surface area contributed by atoms with Crippen LogP contribution in [0.2, 0.25) is 0 Å². The molecule has 5 nitrogen and oxygen atoms in total. The van der Waals surface area contributed by atoms with E-state index in [2.05, 4.69) is 24.1 Å². The topological polar surface area (TPSA) is 66.5 Å². The Morgan fingerprint density at radius 3 is 2.46 bits per heavy atom. The van der Waals surface area contributed by atoms with Crippen molar-refractivity contribution in [2.75, 3.05) is 32.4 Å². The first-order valence-corrected chi connectivity index (χ1v) is 10.4. The molecule has 0 saturated carbocycles. The molecular formula is C18H28N2O3S. The molecule has 1 aliphatic heterocycles. The molecule has 1 heterocycles. The van der Waals surface area contributed by atoms with Crippen molar-refractivity contribution in [2.45, 2.75) is 32.1 Å². The zero-order valence-corrected chi connectivity index (χ0v) is 15.8. The van der Waals surface area contributed by atoms with Crippen molar-refractivity contribution in [1.82, 2.24) is 10.2 Å². The second-order valence-corrected chi connectivity index (χ2v) is 9.23. The number of piperidine rings is 1. The molecule has 1 amide bonds. The van der Waals surface area contributed by atoms with Crippen LogP contribution in [0.3, 0.4) is 0 Å². The monoisotopic (exact) mass is 352 g/mol. The molecule has 2 unspecified atom stereocenters. The van der Waals surface area contributed by atoms with Gasteiger partial charge in [-0.2, -0.15) is 0 Å². The quantitative estimate of drug-likeness (QED) is 0.881. The Balaban J connectivity index is 1.95. The number of rotatable bonds is 5. The van der Waals surface area contributed by atoms with E-state index in [4.69, 9.17) is 0 Å². The van der Waals surface area contributed by atoms with Gasteiger partial charge in [-0.25, -0.2) is 8.42 Å². The molecule has 1 saturated heterocycles. The number of hydrogen-bond acceptors (Lipinski definition) is 4. The van der Waals surface area contributed by atoms with E-state index in [9.17, 15) is 13.2 Å². The summed E-state index contributed by atoms with van der Waals surface area (Å²) in [6.07, 6.45) is 2.42. The summed E-state index contributed by atoms with van der Waals surface area (Å²) in [5, 5.41) is 2.92. The van der Waals surface area contributed by atoms with Crippen LogP contribution < -0.4 is 5.32 Å². The van der Waals surface area contributed by atoms with E-state index in [0.717, 1.165) is 31.5 Å². The van der Waals surface area contributed by atoms with Crippen molar-refractivity contribution in [3.8, 4) is 0 Å². The minimum atomic E-state index is -3.31. The molecule has 24 heavy (non-hydrogen) atoms. The number of nitrogens with one attached hydrogen (secondary N) is 1. The summed E-state index contributed by atoms with van der Waals surface area (Å²) < 4.78 is 23.3. The van der Waals surface area contributed by atoms with Gasteiger partial charge in [0, 0.05) is 38.0 Å². The van der Waals surface area contributed by atoms with Gasteiger partial charge in [-0.15, -0.1) is 0 Å². The van der Waals surface area contributed by atoms with Crippen molar-refractivity contribution in [1.29, 1.82) is 0 Å². The van der Waals surface area contributed by atoms with Crippen molar-refractivity contribution >= 4 is 15.7 Å². The highest BCUT2D eigenvalue weighted by Gasteiger charge is 2.21. The number of benzene rings is 1. The summed E-state index contributed by atoms with van der Waals surface area (Å²) in [6.45, 7) is 9.88. The highest BCUT2D eigenvalue weighted by molar-refractivity contribution is 7.90. The van der Waals surface area contributed by atoms with Crippen LogP contribution in [0.25, 0.3) is 0 Å². The van der Waals surface area contributed by atoms with E-state index in [0.29, 0.717) is 23.9 Å². The number of carbonyl (C=O) groups excluding carboxylic acids is 1. The lowest BCUT2D eigenvalue weighted by Gasteiger charge is -2.34. The van der Waals surface area contributed by atoms with E-state index in [-0.39, 0.29) is 10.8 Å². The number of amides is 1. The van der Waals surface area contributed by atoms with Crippen LogP contribution in [0.15, 0.2) is 23.1 Å². The predicted molar refractivity (Wildman–Crippen MR) is 96.0 cm³/mol. The minimum Gasteiger partial charge on any atom is -0.351 e. The summed E-state index contributed by atoms with van der Waals surface area (Å²) in [6, 6.07) is 4.68. The zero-order chi connectivity index (χ0) is 17.9. The highest BCUT2D eigenvalue weighted by Crippen LogP contribution is 2.20. The normalized spacial score (nSPS) is 22.3. The second-order valence-electron chi connectivity index (χ2n) is 7.21. The molecule has 1 aliphatic rings. The maximum Gasteiger partial charge on any atom is 0.251 e. The van der Waals surface area contributed by atoms with E-state index in [1.807, 2.05) is 6.92 Å². The molecule has 0 aromatic heterocycles. The molecule has 1 N–H and O–H groups in total. The fourth-order valence-electron chi connectivity index (χ4n) is 3.47. The summed E-state index contributed by atoms with van der Waals surface area (Å²) in [7, 11) is -3.31. The first-order chi connectivity index (χ1) is 11.2. The molecule has 0 aliphatic carbocycles. The largest absolute Gasteiger partial charge is 0.351 e. The SMILES string of the molecule is Cc1ccc(S(C)(=O)=O)cc1C(=O)NCCN1CC(C)CC(C)C1. The van der Waals surface area contributed by atoms with Gasteiger partial charge in [0.15, 0.2) is 9.84 Å². The lowest BCUT2D eigenvalue weighted by atomic mass is 9.92. The number of hydrogen-bond donors (Lipinski definition) is 1. The standard InChI is InChI=1S/C18H28N2O3S/c1-13-9-14(2)12-20(11-13)8-7-19-18(21)17-10-16(24(4,22)23)6-5-15(17)3/h5-6,10,13-14H,7-9,11-12H2,1-4H3,(H,19,21). The van der Waals surface area contributed by atoms with Crippen LogP contribution in [0.1, 0.15) is 36.2 Å². The van der Waals surface area contributed by atoms with Gasteiger partial charge in [0.05, 0.1) is 4.90 Å². The van der Waals surface area contributed by atoms with Crippen LogP contribution in [0.4, 0.5) is 0 Å². The Bertz CT molecular complexity index is 690. The van der Waals surface area contributed by atoms with Crippen LogP contribution >= 0.6 is 0 Å². The summed E-state index contributed by atoms with van der Waals surface area (Å²) in [5.74, 6) is 1.17. The first-order valence-electron chi connectivity index (χ1n) is 8.48. The Kier molecular flexibility index (Phi) is 6.04. The molecule has 1 aromatic rings. The van der Waals surface area contributed by atoms with Crippen molar-refractivity contribution in [3.63, 3.8) is 0 Å². The molecule has 2 rings (SSSR count). The smallest absolute Gasteiger partial charge is 0.251 e. The maximum atomic E-state index is 12.4. The van der Waals surface area contributed by atoms with E-state index < -0.39 is 9.84 Å². The lowest BCUT2D eigenvalue weighted by Crippen LogP contribution is -2.42. The van der Waals surface area contributed by atoms with Gasteiger partial charge in [0.2, 0.25) is 0 Å². The van der Waals surface area contributed by atoms with E-state index in [1.54, 1.807) is 6.07 Å². The molecular weight excluding hydrogens is 324 g/mol. The van der Waals surface area contributed by atoms with E-state index in [1.165, 1.54) is 18.6 Å². The van der Waals surface area contributed by atoms with Crippen LogP contribution in [0, 0.1) is 18.8 Å². The highest BCUT2D eigenvalue weighted by atomic mass is 32.2. The fraction of sp³-hybridized carbons (Fsp3) is 0.611. The van der Waals surface area contributed by atoms with Gasteiger partial charge in [0.1, 0.15) is 0 Å². The van der Waals surface area contributed by atoms with Crippen LogP contribution in [0.5, 0.6) is 0 Å². The van der Waals surface area contributed by atoms with Gasteiger partial charge >= 0.3 is 0 Å². The number of nitrogens with zero attached hydrogens (tertiary/aromatic N) is 1. The molecule has 1 fully saturated rings. The molecule has 0 spiro atoms. The van der Waals surface area contributed by atoms with Gasteiger partial charge in [0.25, 0.3) is 5.91 Å². The van der Waals surface area contributed by atoms with Crippen molar-refractivity contribution in [3.05, 3.63) is 29.3 Å². The third-order valence-corrected chi connectivity index (χ3v) is 5.65. The summed E-state index contributed by atoms with van der Waals surface area (Å²) in [5.41, 5.74) is 1.21. The molecule has 0 bridgehead atoms. The van der Waals surface area contributed by atoms with Crippen molar-refractivity contribution in [2.24, 2.45) is 11.8 Å². The Morgan fingerprint density at radius 2 is 1.88 bits per heavy atom. The Morgan fingerprint density at radius 1 is 1.25 bits per heavy atom. The predicted octanol–water partition coefficient (Wildman–Crippen LogP) is 2.11. The lowest BCUT2D eigenvalue weighted by molar-refractivity contribution is 0.0936. The molecule has 1 aromatic carbocycles. The van der Waals surface area contributed by atoms with Crippen molar-refractivity contribution < 1.29 is 13.2 Å². The summed E-state index contributed by atoms with van der Waals surface area (Å²) >= 11 is 0. The molecule has 0 radical (unpaired) electrons. The van der Waals surface area contributed by atoms with Gasteiger partial charge in [-0.3, -0.25) is 4.79 Å². The Hall–Kier alpha value is -1.40. The van der Waals surface area contributed by atoms with Gasteiger partial charge < -0.3 is 10.2 Å². The number of likely N-dealkylation sites (tertiary alicyclic amines) is 1. The third-order valence-electron chi connectivity index (χ3n) is 4.54. The second kappa shape index (κ2) is 7.66. The molecule has 134 valence electrons.